The number of hydrogen-bond donors (Lipinski definition) is 1. The average Bonchev–Trinajstić information content (AvgIpc) is 1.59. The Bertz CT molecular complexity index is 3440. The van der Waals surface area contributed by atoms with E-state index in [-0.39, 0.29) is 30.1 Å². The van der Waals surface area contributed by atoms with Gasteiger partial charge < -0.3 is 139 Å². The summed E-state index contributed by atoms with van der Waals surface area (Å²) in [6.45, 7) is 31.5. The van der Waals surface area contributed by atoms with Crippen LogP contribution in [-0.2, 0) is 168 Å². The van der Waals surface area contributed by atoms with E-state index in [1.54, 1.807) is 13.2 Å². The SMILES string of the molecule is COCCOCCOCCOCCOCCOCCOCCOCCOCCOCCOCCOCCOCCOCCOCCOCCOCCOCCOCCOCCOCCOCCOCCOCCNC(=O)CCCCCN1C(=CC=CC2=[N+](CCCCCC(=O)ON3C(=O)CCC3=O)c3ccc(SOO[O-])cc3C2(C)C)C(C)(C)c2cc(S(=O)(=O)[O-])ccc21. The molecule has 740 valence electrons. The maximum atomic E-state index is 12.8. The fraction of sp³-hybridized carbons (Fsp3) is 0.761. The largest absolute Gasteiger partial charge is 0.744 e. The molecule has 1 saturated heterocycles. The van der Waals surface area contributed by atoms with Crippen molar-refractivity contribution in [3.05, 3.63) is 71.5 Å². The van der Waals surface area contributed by atoms with Gasteiger partial charge in [-0.1, -0.05) is 26.3 Å². The third-order valence-electron chi connectivity index (χ3n) is 19.6. The second-order valence-electron chi connectivity index (χ2n) is 30.0. The first-order valence-corrected chi connectivity index (χ1v) is 46.9. The highest BCUT2D eigenvalue weighted by atomic mass is 32.2. The second-order valence-corrected chi connectivity index (χ2v) is 32.1. The van der Waals surface area contributed by atoms with Crippen molar-refractivity contribution in [1.82, 2.24) is 10.4 Å². The zero-order valence-electron chi connectivity index (χ0n) is 76.6. The number of allylic oxidation sites excluding steroid dienone is 4. The van der Waals surface area contributed by atoms with Crippen LogP contribution in [0.5, 0.6) is 0 Å². The lowest BCUT2D eigenvalue weighted by atomic mass is 9.81. The molecule has 3 aliphatic rings. The Morgan fingerprint density at radius 2 is 0.798 bits per heavy atom. The molecule has 0 aliphatic carbocycles. The molecule has 3 aliphatic heterocycles. The standard InChI is InChI=1S/C88H146N4O35S2/c1-87(2)77-73-75(128-127-126-97)17-19-79(77)90(25-11-7-9-16-86(96)125-92-84(94)21-22-85(92)95)81(87)13-12-14-82-88(3,4)78-74-76(129(98,99)100)18-20-80(78)91(82)24-10-6-8-15-83(93)89-23-26-102-29-30-104-33-34-106-37-38-108-41-42-110-45-46-112-49-50-114-53-54-116-57-58-118-61-62-120-65-66-122-69-70-124-72-71-123-68-67-121-64-63-119-60-59-117-56-55-115-52-51-113-48-47-111-44-43-109-40-39-107-36-35-105-32-31-103-28-27-101-5/h12-14,17-20,73-74H,6-11,15-16,21-72H2,1-5H3,(H2-,89,93,97,98,99,100)/p-1. The van der Waals surface area contributed by atoms with Gasteiger partial charge in [0, 0.05) is 91.7 Å². The Hall–Kier alpha value is -5.35. The predicted molar refractivity (Wildman–Crippen MR) is 467 cm³/mol. The van der Waals surface area contributed by atoms with Crippen LogP contribution in [0.1, 0.15) is 103 Å². The number of anilines is 1. The van der Waals surface area contributed by atoms with Gasteiger partial charge in [-0.15, -0.1) is 5.06 Å². The van der Waals surface area contributed by atoms with Crippen LogP contribution in [0.25, 0.3) is 0 Å². The molecule has 0 saturated carbocycles. The van der Waals surface area contributed by atoms with E-state index in [1.807, 2.05) is 50.3 Å². The van der Waals surface area contributed by atoms with Gasteiger partial charge in [-0.05, 0) is 81.5 Å². The van der Waals surface area contributed by atoms with Gasteiger partial charge in [0.05, 0.1) is 333 Å². The molecule has 0 radical (unpaired) electrons. The van der Waals surface area contributed by atoms with E-state index in [9.17, 15) is 37.4 Å². The highest BCUT2D eigenvalue weighted by Gasteiger charge is 2.45. The lowest BCUT2D eigenvalue weighted by Crippen LogP contribution is -2.31. The molecule has 1 N–H and O–H groups in total. The molecule has 5 rings (SSSR count). The van der Waals surface area contributed by atoms with Crippen molar-refractivity contribution in [2.45, 2.75) is 113 Å². The van der Waals surface area contributed by atoms with E-state index >= 15 is 0 Å². The van der Waals surface area contributed by atoms with Crippen LogP contribution in [0, 0.1) is 0 Å². The number of imide groups is 1. The minimum atomic E-state index is -4.75. The Kier molecular flexibility index (Phi) is 66.3. The summed E-state index contributed by atoms with van der Waals surface area (Å²) in [4.78, 5) is 56.8. The minimum Gasteiger partial charge on any atom is -0.744 e. The summed E-state index contributed by atoms with van der Waals surface area (Å²) in [6.07, 6.45) is 10.2. The molecule has 41 heteroatoms. The fourth-order valence-electron chi connectivity index (χ4n) is 13.0. The molecule has 3 heterocycles. The topological polar surface area (TPSA) is 419 Å². The number of fused-ring (bicyclic) bond motifs is 2. The number of ether oxygens (including phenoxy) is 24. The summed E-state index contributed by atoms with van der Waals surface area (Å²) in [7, 11) is -3.11. The van der Waals surface area contributed by atoms with E-state index in [4.69, 9.17) is 119 Å². The first-order valence-electron chi connectivity index (χ1n) is 44.8. The molecule has 0 unspecified atom stereocenters. The van der Waals surface area contributed by atoms with Crippen LogP contribution in [-0.4, -0.2) is 389 Å². The van der Waals surface area contributed by atoms with Crippen molar-refractivity contribution >= 4 is 62.9 Å². The number of nitrogens with zero attached hydrogens (tertiary/aromatic N) is 3. The van der Waals surface area contributed by atoms with Gasteiger partial charge in [0.15, 0.2) is 5.71 Å². The molecule has 1 fully saturated rings. The van der Waals surface area contributed by atoms with Crippen LogP contribution in [0.2, 0.25) is 0 Å². The quantitative estimate of drug-likeness (QED) is 0.0167. The Labute approximate surface area is 765 Å². The molecule has 39 nitrogen and oxygen atoms in total. The van der Waals surface area contributed by atoms with Gasteiger partial charge in [0.25, 0.3) is 11.8 Å². The number of nitrogens with one attached hydrogen (secondary N) is 1. The number of unbranched alkanes of at least 4 members (excludes halogenated alkanes) is 4. The van der Waals surface area contributed by atoms with Gasteiger partial charge in [-0.25, -0.2) is 13.2 Å². The smallest absolute Gasteiger partial charge is 0.333 e. The summed E-state index contributed by atoms with van der Waals surface area (Å²) in [5.41, 5.74) is 3.95. The maximum absolute atomic E-state index is 12.8. The molecular formula is C88H145N4O35S2-. The lowest BCUT2D eigenvalue weighted by molar-refractivity contribution is -0.777. The first-order chi connectivity index (χ1) is 63.0. The Morgan fingerprint density at radius 1 is 0.442 bits per heavy atom. The van der Waals surface area contributed by atoms with Crippen molar-refractivity contribution in [3.8, 4) is 0 Å². The minimum absolute atomic E-state index is 0.0140. The molecule has 0 bridgehead atoms. The summed E-state index contributed by atoms with van der Waals surface area (Å²) >= 11 is 0.797. The molecule has 2 aromatic carbocycles. The van der Waals surface area contributed by atoms with E-state index in [0.717, 1.165) is 46.8 Å². The summed E-state index contributed by atoms with van der Waals surface area (Å²) in [6, 6.07) is 10.2. The highest BCUT2D eigenvalue weighted by Crippen LogP contribution is 2.49. The number of carbonyl (C=O) groups is 4. The molecule has 129 heavy (non-hydrogen) atoms. The molecule has 2 aromatic rings. The summed E-state index contributed by atoms with van der Waals surface area (Å²) in [5.74, 6) is -1.80. The highest BCUT2D eigenvalue weighted by molar-refractivity contribution is 7.94. The molecule has 0 spiro atoms. The van der Waals surface area contributed by atoms with E-state index in [2.05, 4.69) is 38.0 Å². The van der Waals surface area contributed by atoms with Gasteiger partial charge >= 0.3 is 5.97 Å². The molecular weight excluding hydrogens is 1740 g/mol. The van der Waals surface area contributed by atoms with Crippen molar-refractivity contribution < 1.29 is 170 Å². The molecule has 0 atom stereocenters. The number of hydroxylamine groups is 2. The first kappa shape index (κ1) is 114. The normalized spacial score (nSPS) is 14.6. The summed E-state index contributed by atoms with van der Waals surface area (Å²) in [5, 5.41) is 17.8. The van der Waals surface area contributed by atoms with E-state index in [0.29, 0.717) is 384 Å². The third kappa shape index (κ3) is 52.9. The van der Waals surface area contributed by atoms with Crippen LogP contribution in [0.15, 0.2) is 70.1 Å². The van der Waals surface area contributed by atoms with Crippen LogP contribution < -0.4 is 15.5 Å². The van der Waals surface area contributed by atoms with E-state index in [1.165, 1.54) is 12.1 Å². The third-order valence-corrected chi connectivity index (χ3v) is 21.0. The number of benzene rings is 2. The van der Waals surface area contributed by atoms with Crippen molar-refractivity contribution in [3.63, 3.8) is 0 Å². The zero-order chi connectivity index (χ0) is 92.5. The average molecular weight is 1880 g/mol. The predicted octanol–water partition coefficient (Wildman–Crippen LogP) is 5.31. The number of methoxy groups -OCH3 is 1. The summed E-state index contributed by atoms with van der Waals surface area (Å²) < 4.78 is 176. The van der Waals surface area contributed by atoms with Crippen molar-refractivity contribution in [2.75, 3.05) is 342 Å². The van der Waals surface area contributed by atoms with Crippen molar-refractivity contribution in [1.29, 1.82) is 0 Å². The fourth-order valence-corrected chi connectivity index (χ4v) is 13.9. The Morgan fingerprint density at radius 3 is 1.16 bits per heavy atom. The van der Waals surface area contributed by atoms with Gasteiger partial charge in [0.1, 0.15) is 16.7 Å². The number of hydrogen-bond acceptors (Lipinski definition) is 37. The van der Waals surface area contributed by atoms with E-state index < -0.39 is 38.7 Å². The van der Waals surface area contributed by atoms with Crippen molar-refractivity contribution in [2.24, 2.45) is 0 Å². The van der Waals surface area contributed by atoms with Crippen LogP contribution in [0.3, 0.4) is 0 Å². The van der Waals surface area contributed by atoms with Gasteiger partial charge in [0.2, 0.25) is 11.6 Å². The number of carbonyl (C=O) groups excluding carboxylic acids is 4. The lowest BCUT2D eigenvalue weighted by Gasteiger charge is -2.27. The second kappa shape index (κ2) is 74.9. The molecule has 0 aromatic heterocycles. The van der Waals surface area contributed by atoms with Crippen LogP contribution >= 0.6 is 12.0 Å². The maximum Gasteiger partial charge on any atom is 0.333 e. The zero-order valence-corrected chi connectivity index (χ0v) is 78.2. The monoisotopic (exact) mass is 1880 g/mol. The Balaban J connectivity index is 0.718. The van der Waals surface area contributed by atoms with Gasteiger partial charge in [-0.3, -0.25) is 19.4 Å². The number of rotatable bonds is 91. The number of amides is 3. The van der Waals surface area contributed by atoms with Gasteiger partial charge in [-0.2, -0.15) is 8.91 Å². The molecule has 3 amide bonds. The van der Waals surface area contributed by atoms with Crippen LogP contribution in [0.4, 0.5) is 11.4 Å².